The number of hydrogen-bond donors (Lipinski definition) is 1. The van der Waals surface area contributed by atoms with E-state index in [0.29, 0.717) is 0 Å². The molecule has 0 bridgehead atoms. The van der Waals surface area contributed by atoms with Gasteiger partial charge in [0.1, 0.15) is 0 Å². The third kappa shape index (κ3) is 4.09. The first-order valence-electron chi connectivity index (χ1n) is 11.9. The third-order valence-electron chi connectivity index (χ3n) is 6.72. The molecule has 1 heterocycles. The van der Waals surface area contributed by atoms with E-state index in [9.17, 15) is 0 Å². The zero-order valence-electron chi connectivity index (χ0n) is 20.6. The summed E-state index contributed by atoms with van der Waals surface area (Å²) in [5.41, 5.74) is 10.4. The second-order valence-electron chi connectivity index (χ2n) is 11.3. The molecule has 0 fully saturated rings. The van der Waals surface area contributed by atoms with E-state index in [1.165, 1.54) is 55.2 Å². The van der Waals surface area contributed by atoms with Gasteiger partial charge in [0.15, 0.2) is 0 Å². The van der Waals surface area contributed by atoms with Gasteiger partial charge in [-0.05, 0) is 68.5 Å². The minimum absolute atomic E-state index is 0.136. The van der Waals surface area contributed by atoms with Gasteiger partial charge >= 0.3 is 0 Å². The number of aromatic nitrogens is 1. The predicted octanol–water partition coefficient (Wildman–Crippen LogP) is 9.25. The molecular formula is C32H33N. The van der Waals surface area contributed by atoms with Gasteiger partial charge in [0.05, 0.1) is 0 Å². The molecule has 0 atom stereocenters. The summed E-state index contributed by atoms with van der Waals surface area (Å²) in [4.78, 5) is 3.61. The molecule has 0 aliphatic carbocycles. The molecular weight excluding hydrogens is 398 g/mol. The van der Waals surface area contributed by atoms with Crippen molar-refractivity contribution in [1.29, 1.82) is 0 Å². The largest absolute Gasteiger partial charge is 0.355 e. The topological polar surface area (TPSA) is 15.8 Å². The first kappa shape index (κ1) is 21.5. The Morgan fingerprint density at radius 1 is 0.455 bits per heavy atom. The summed E-state index contributed by atoms with van der Waals surface area (Å²) < 4.78 is 0. The van der Waals surface area contributed by atoms with Crippen LogP contribution in [-0.4, -0.2) is 4.98 Å². The van der Waals surface area contributed by atoms with Gasteiger partial charge in [-0.1, -0.05) is 102 Å². The van der Waals surface area contributed by atoms with E-state index in [4.69, 9.17) is 0 Å². The Labute approximate surface area is 197 Å². The number of H-pyrrole nitrogens is 1. The Bertz CT molecular complexity index is 1360. The summed E-state index contributed by atoms with van der Waals surface area (Å²) in [5.74, 6) is 0. The van der Waals surface area contributed by atoms with E-state index in [-0.39, 0.29) is 10.8 Å². The monoisotopic (exact) mass is 431 g/mol. The van der Waals surface area contributed by atoms with Crippen LogP contribution >= 0.6 is 0 Å². The molecule has 33 heavy (non-hydrogen) atoms. The van der Waals surface area contributed by atoms with Crippen molar-refractivity contribution in [2.75, 3.05) is 0 Å². The van der Waals surface area contributed by atoms with Crippen LogP contribution in [0.3, 0.4) is 0 Å². The molecule has 4 aromatic carbocycles. The molecule has 0 saturated heterocycles. The molecule has 1 aromatic heterocycles. The molecule has 0 saturated carbocycles. The Morgan fingerprint density at radius 2 is 0.848 bits per heavy atom. The van der Waals surface area contributed by atoms with E-state index in [0.717, 1.165) is 0 Å². The van der Waals surface area contributed by atoms with Gasteiger partial charge in [-0.2, -0.15) is 0 Å². The highest BCUT2D eigenvalue weighted by molar-refractivity contribution is 6.09. The van der Waals surface area contributed by atoms with Gasteiger partial charge in [-0.3, -0.25) is 0 Å². The van der Waals surface area contributed by atoms with Gasteiger partial charge in [-0.15, -0.1) is 0 Å². The van der Waals surface area contributed by atoms with Crippen LogP contribution in [0.5, 0.6) is 0 Å². The normalized spacial score (nSPS) is 12.5. The minimum atomic E-state index is 0.136. The first-order chi connectivity index (χ1) is 15.6. The Kier molecular flexibility index (Phi) is 4.97. The molecule has 1 heteroatoms. The maximum atomic E-state index is 3.61. The lowest BCUT2D eigenvalue weighted by molar-refractivity contribution is 0.590. The molecule has 0 amide bonds. The van der Waals surface area contributed by atoms with Gasteiger partial charge in [0.2, 0.25) is 0 Å². The van der Waals surface area contributed by atoms with Crippen LogP contribution in [0.15, 0.2) is 84.9 Å². The molecule has 0 aliphatic rings. The van der Waals surface area contributed by atoms with E-state index < -0.39 is 0 Å². The lowest BCUT2D eigenvalue weighted by atomic mass is 9.85. The standard InChI is InChI=1S/C32H33N/c1-31(2,3)25-11-7-9-21(17-25)23-13-15-29-27(19-23)28-20-24(14-16-30(28)33-29)22-10-8-12-26(18-22)32(4,5)6/h7-20,33H,1-6H3. The smallest absolute Gasteiger partial charge is 0.0465 e. The maximum Gasteiger partial charge on any atom is 0.0465 e. The van der Waals surface area contributed by atoms with Crippen LogP contribution in [0.2, 0.25) is 0 Å². The molecule has 5 aromatic rings. The molecule has 0 spiro atoms. The second-order valence-corrected chi connectivity index (χ2v) is 11.3. The third-order valence-corrected chi connectivity index (χ3v) is 6.72. The van der Waals surface area contributed by atoms with Crippen molar-refractivity contribution < 1.29 is 0 Å². The van der Waals surface area contributed by atoms with Gasteiger partial charge in [0, 0.05) is 21.8 Å². The minimum Gasteiger partial charge on any atom is -0.355 e. The number of rotatable bonds is 2. The number of hydrogen-bond acceptors (Lipinski definition) is 0. The number of aromatic amines is 1. The predicted molar refractivity (Wildman–Crippen MR) is 144 cm³/mol. The highest BCUT2D eigenvalue weighted by Gasteiger charge is 2.16. The van der Waals surface area contributed by atoms with Gasteiger partial charge in [0.25, 0.3) is 0 Å². The molecule has 1 nitrogen and oxygen atoms in total. The zero-order chi connectivity index (χ0) is 23.4. The first-order valence-corrected chi connectivity index (χ1v) is 11.9. The fourth-order valence-corrected chi connectivity index (χ4v) is 4.59. The van der Waals surface area contributed by atoms with Crippen LogP contribution in [0.1, 0.15) is 52.7 Å². The molecule has 0 radical (unpaired) electrons. The average molecular weight is 432 g/mol. The fourth-order valence-electron chi connectivity index (χ4n) is 4.59. The lowest BCUT2D eigenvalue weighted by Gasteiger charge is -2.20. The highest BCUT2D eigenvalue weighted by Crippen LogP contribution is 2.35. The van der Waals surface area contributed by atoms with Crippen molar-refractivity contribution in [2.24, 2.45) is 0 Å². The summed E-state index contributed by atoms with van der Waals surface area (Å²) in [6.07, 6.45) is 0. The summed E-state index contributed by atoms with van der Waals surface area (Å²) >= 11 is 0. The van der Waals surface area contributed by atoms with Crippen LogP contribution < -0.4 is 0 Å². The Balaban J connectivity index is 1.63. The van der Waals surface area contributed by atoms with Gasteiger partial charge < -0.3 is 4.98 Å². The van der Waals surface area contributed by atoms with Gasteiger partial charge in [-0.25, -0.2) is 0 Å². The summed E-state index contributed by atoms with van der Waals surface area (Å²) in [6, 6.07) is 31.5. The maximum absolute atomic E-state index is 3.61. The molecule has 0 unspecified atom stereocenters. The summed E-state index contributed by atoms with van der Waals surface area (Å²) in [6.45, 7) is 13.6. The number of nitrogens with one attached hydrogen (secondary N) is 1. The Morgan fingerprint density at radius 3 is 1.24 bits per heavy atom. The Hall–Kier alpha value is -3.32. The van der Waals surface area contributed by atoms with E-state index in [2.05, 4.69) is 131 Å². The zero-order valence-corrected chi connectivity index (χ0v) is 20.6. The second kappa shape index (κ2) is 7.63. The van der Waals surface area contributed by atoms with Crippen molar-refractivity contribution in [2.45, 2.75) is 52.4 Å². The van der Waals surface area contributed by atoms with Crippen molar-refractivity contribution in [1.82, 2.24) is 4.98 Å². The summed E-state index contributed by atoms with van der Waals surface area (Å²) in [5, 5.41) is 2.55. The SMILES string of the molecule is CC(C)(C)c1cccc(-c2ccc3[nH]c4ccc(-c5cccc(C(C)(C)C)c5)cc4c3c2)c1. The number of benzene rings is 4. The van der Waals surface area contributed by atoms with Crippen molar-refractivity contribution in [3.63, 3.8) is 0 Å². The highest BCUT2D eigenvalue weighted by atomic mass is 14.7. The molecule has 1 N–H and O–H groups in total. The molecule has 5 rings (SSSR count). The molecule has 0 aliphatic heterocycles. The quantitative estimate of drug-likeness (QED) is 0.287. The van der Waals surface area contributed by atoms with E-state index in [1.54, 1.807) is 0 Å². The lowest BCUT2D eigenvalue weighted by Crippen LogP contribution is -2.10. The van der Waals surface area contributed by atoms with Crippen molar-refractivity contribution in [3.05, 3.63) is 96.1 Å². The fraction of sp³-hybridized carbons (Fsp3) is 0.250. The van der Waals surface area contributed by atoms with Crippen molar-refractivity contribution >= 4 is 21.8 Å². The van der Waals surface area contributed by atoms with Crippen LogP contribution in [0, 0.1) is 0 Å². The van der Waals surface area contributed by atoms with Crippen LogP contribution in [0.25, 0.3) is 44.1 Å². The number of fused-ring (bicyclic) bond motifs is 3. The molecule has 166 valence electrons. The average Bonchev–Trinajstić information content (AvgIpc) is 3.15. The van der Waals surface area contributed by atoms with E-state index >= 15 is 0 Å². The summed E-state index contributed by atoms with van der Waals surface area (Å²) in [7, 11) is 0. The van der Waals surface area contributed by atoms with Crippen molar-refractivity contribution in [3.8, 4) is 22.3 Å². The van der Waals surface area contributed by atoms with Crippen LogP contribution in [0.4, 0.5) is 0 Å². The van der Waals surface area contributed by atoms with Crippen LogP contribution in [-0.2, 0) is 10.8 Å². The van der Waals surface area contributed by atoms with E-state index in [1.807, 2.05) is 0 Å².